The summed E-state index contributed by atoms with van der Waals surface area (Å²) in [5.74, 6) is 1.80. The van der Waals surface area contributed by atoms with Crippen molar-refractivity contribution in [3.8, 4) is 5.75 Å². The first-order valence-corrected chi connectivity index (χ1v) is 8.75. The van der Waals surface area contributed by atoms with E-state index >= 15 is 0 Å². The molecule has 1 atom stereocenters. The van der Waals surface area contributed by atoms with Crippen molar-refractivity contribution in [2.45, 2.75) is 11.9 Å². The minimum Gasteiger partial charge on any atom is -0.496 e. The van der Waals surface area contributed by atoms with Gasteiger partial charge >= 0.3 is 0 Å². The zero-order valence-electron chi connectivity index (χ0n) is 12.1. The van der Waals surface area contributed by atoms with Crippen LogP contribution in [0.1, 0.15) is 10.9 Å². The van der Waals surface area contributed by atoms with Crippen LogP contribution in [0.3, 0.4) is 0 Å². The van der Waals surface area contributed by atoms with Gasteiger partial charge in [0.25, 0.3) is 0 Å². The molecule has 116 valence electrons. The van der Waals surface area contributed by atoms with E-state index in [1.807, 2.05) is 29.2 Å². The van der Waals surface area contributed by atoms with Gasteiger partial charge in [-0.25, -0.2) is 0 Å². The van der Waals surface area contributed by atoms with Gasteiger partial charge in [0.1, 0.15) is 17.7 Å². The number of carbonyl (C=O) groups is 1. The first-order chi connectivity index (χ1) is 10.7. The molecular formula is C15H16BrN3O2S. The topological polar surface area (TPSA) is 47.4 Å². The number of benzene rings is 1. The number of carbonyl (C=O) groups excluding carboxylic acids is 1. The van der Waals surface area contributed by atoms with Crippen molar-refractivity contribution < 1.29 is 9.53 Å². The molecule has 2 heterocycles. The van der Waals surface area contributed by atoms with Gasteiger partial charge in [-0.15, -0.1) is 11.8 Å². The Balaban J connectivity index is 1.84. The molecule has 3 rings (SSSR count). The average Bonchev–Trinajstić information content (AvgIpc) is 3.18. The fraction of sp³-hybridized carbons (Fsp3) is 0.333. The third-order valence-corrected chi connectivity index (χ3v) is 5.26. The van der Waals surface area contributed by atoms with Crippen LogP contribution in [0.25, 0.3) is 0 Å². The van der Waals surface area contributed by atoms with Crippen LogP contribution >= 0.6 is 27.7 Å². The molecule has 1 amide bonds. The Morgan fingerprint density at radius 1 is 1.55 bits per heavy atom. The highest BCUT2D eigenvalue weighted by Gasteiger charge is 2.32. The van der Waals surface area contributed by atoms with Gasteiger partial charge in [0, 0.05) is 34.7 Å². The minimum absolute atomic E-state index is 0.0180. The number of thioether (sulfide) groups is 1. The summed E-state index contributed by atoms with van der Waals surface area (Å²) >= 11 is 5.25. The predicted octanol–water partition coefficient (Wildman–Crippen LogP) is 2.93. The number of hydrogen-bond donors (Lipinski definition) is 0. The van der Waals surface area contributed by atoms with Gasteiger partial charge in [-0.3, -0.25) is 9.48 Å². The summed E-state index contributed by atoms with van der Waals surface area (Å²) in [6.45, 7) is 1.01. The number of halogens is 1. The normalized spacial score (nSPS) is 17.7. The maximum absolute atomic E-state index is 12.6. The van der Waals surface area contributed by atoms with E-state index in [1.165, 1.54) is 0 Å². The second-order valence-electron chi connectivity index (χ2n) is 4.90. The Kier molecular flexibility index (Phi) is 4.73. The molecule has 1 saturated heterocycles. The van der Waals surface area contributed by atoms with Crippen LogP contribution in [-0.4, -0.2) is 40.0 Å². The maximum Gasteiger partial charge on any atom is 0.245 e. The summed E-state index contributed by atoms with van der Waals surface area (Å²) in [4.78, 5) is 14.5. The third-order valence-electron chi connectivity index (χ3n) is 3.53. The Bertz CT molecular complexity index is 663. The molecule has 0 aliphatic carbocycles. The molecule has 0 N–H and O–H groups in total. The molecule has 1 aliphatic heterocycles. The van der Waals surface area contributed by atoms with Crippen molar-refractivity contribution in [2.24, 2.45) is 0 Å². The van der Waals surface area contributed by atoms with E-state index in [0.717, 1.165) is 28.1 Å². The molecule has 1 fully saturated rings. The molecule has 1 unspecified atom stereocenters. The smallest absolute Gasteiger partial charge is 0.245 e. The molecular weight excluding hydrogens is 366 g/mol. The van der Waals surface area contributed by atoms with Crippen molar-refractivity contribution in [1.29, 1.82) is 0 Å². The number of rotatable bonds is 4. The quantitative estimate of drug-likeness (QED) is 0.816. The molecule has 2 aromatic rings. The fourth-order valence-electron chi connectivity index (χ4n) is 2.50. The standard InChI is InChI=1S/C15H16BrN3O2S/c1-21-13-4-3-11(16)9-12(13)15-19(7-8-22-15)14(20)10-18-6-2-5-17-18/h2-6,9,15H,7-8,10H2,1H3. The molecule has 22 heavy (non-hydrogen) atoms. The minimum atomic E-state index is -0.0180. The van der Waals surface area contributed by atoms with E-state index < -0.39 is 0 Å². The largest absolute Gasteiger partial charge is 0.496 e. The van der Waals surface area contributed by atoms with Gasteiger partial charge in [-0.2, -0.15) is 5.10 Å². The molecule has 1 aromatic heterocycles. The number of amides is 1. The Hall–Kier alpha value is -1.47. The second-order valence-corrected chi connectivity index (χ2v) is 7.00. The highest BCUT2D eigenvalue weighted by Crippen LogP contribution is 2.42. The van der Waals surface area contributed by atoms with Gasteiger partial charge < -0.3 is 9.64 Å². The van der Waals surface area contributed by atoms with Crippen molar-refractivity contribution in [3.05, 3.63) is 46.7 Å². The molecule has 0 saturated carbocycles. The molecule has 5 nitrogen and oxygen atoms in total. The summed E-state index contributed by atoms with van der Waals surface area (Å²) in [6, 6.07) is 7.71. The number of nitrogens with zero attached hydrogens (tertiary/aromatic N) is 3. The predicted molar refractivity (Wildman–Crippen MR) is 89.8 cm³/mol. The molecule has 0 radical (unpaired) electrons. The SMILES string of the molecule is COc1ccc(Br)cc1C1SCCN1C(=O)Cn1cccn1. The monoisotopic (exact) mass is 381 g/mol. The molecule has 1 aliphatic rings. The third kappa shape index (κ3) is 3.15. The number of methoxy groups -OCH3 is 1. The van der Waals surface area contributed by atoms with Crippen LogP contribution < -0.4 is 4.74 Å². The Morgan fingerprint density at radius 3 is 3.14 bits per heavy atom. The van der Waals surface area contributed by atoms with Crippen molar-refractivity contribution >= 4 is 33.6 Å². The lowest BCUT2D eigenvalue weighted by molar-refractivity contribution is -0.132. The number of hydrogen-bond acceptors (Lipinski definition) is 4. The zero-order chi connectivity index (χ0) is 15.5. The van der Waals surface area contributed by atoms with Crippen LogP contribution in [0.15, 0.2) is 41.1 Å². The van der Waals surface area contributed by atoms with Gasteiger partial charge in [-0.1, -0.05) is 15.9 Å². The molecule has 7 heteroatoms. The highest BCUT2D eigenvalue weighted by atomic mass is 79.9. The van der Waals surface area contributed by atoms with E-state index in [2.05, 4.69) is 21.0 Å². The van der Waals surface area contributed by atoms with Gasteiger partial charge in [-0.05, 0) is 24.3 Å². The summed E-state index contributed by atoms with van der Waals surface area (Å²) in [6.07, 6.45) is 3.48. The lowest BCUT2D eigenvalue weighted by Gasteiger charge is -2.25. The lowest BCUT2D eigenvalue weighted by atomic mass is 10.2. The van der Waals surface area contributed by atoms with Crippen molar-refractivity contribution in [3.63, 3.8) is 0 Å². The lowest BCUT2D eigenvalue weighted by Crippen LogP contribution is -2.33. The maximum atomic E-state index is 12.6. The number of ether oxygens (including phenoxy) is 1. The highest BCUT2D eigenvalue weighted by molar-refractivity contribution is 9.10. The molecule has 1 aromatic carbocycles. The summed E-state index contributed by atoms with van der Waals surface area (Å²) in [7, 11) is 1.66. The summed E-state index contributed by atoms with van der Waals surface area (Å²) < 4.78 is 8.09. The van der Waals surface area contributed by atoms with Gasteiger partial charge in [0.15, 0.2) is 0 Å². The zero-order valence-corrected chi connectivity index (χ0v) is 14.5. The van der Waals surface area contributed by atoms with E-state index in [-0.39, 0.29) is 17.8 Å². The number of aromatic nitrogens is 2. The first-order valence-electron chi connectivity index (χ1n) is 6.91. The Morgan fingerprint density at radius 2 is 2.41 bits per heavy atom. The second kappa shape index (κ2) is 6.75. The van der Waals surface area contributed by atoms with E-state index in [1.54, 1.807) is 35.9 Å². The van der Waals surface area contributed by atoms with Crippen LogP contribution in [0.4, 0.5) is 0 Å². The summed E-state index contributed by atoms with van der Waals surface area (Å²) in [5.41, 5.74) is 1.02. The van der Waals surface area contributed by atoms with Crippen LogP contribution in [0.2, 0.25) is 0 Å². The summed E-state index contributed by atoms with van der Waals surface area (Å²) in [5, 5.41) is 4.09. The van der Waals surface area contributed by atoms with Gasteiger partial charge in [0.05, 0.1) is 7.11 Å². The van der Waals surface area contributed by atoms with Crippen molar-refractivity contribution in [1.82, 2.24) is 14.7 Å². The molecule has 0 spiro atoms. The Labute approximate surface area is 141 Å². The van der Waals surface area contributed by atoms with Crippen LogP contribution in [0.5, 0.6) is 5.75 Å². The van der Waals surface area contributed by atoms with Crippen molar-refractivity contribution in [2.75, 3.05) is 19.4 Å². The van der Waals surface area contributed by atoms with E-state index in [0.29, 0.717) is 0 Å². The van der Waals surface area contributed by atoms with Crippen LogP contribution in [-0.2, 0) is 11.3 Å². The fourth-order valence-corrected chi connectivity index (χ4v) is 4.18. The van der Waals surface area contributed by atoms with E-state index in [9.17, 15) is 4.79 Å². The molecule has 0 bridgehead atoms. The van der Waals surface area contributed by atoms with Crippen LogP contribution in [0, 0.1) is 0 Å². The van der Waals surface area contributed by atoms with E-state index in [4.69, 9.17) is 4.74 Å². The average molecular weight is 382 g/mol. The van der Waals surface area contributed by atoms with Gasteiger partial charge in [0.2, 0.25) is 5.91 Å². The first kappa shape index (κ1) is 15.4.